The third-order valence-corrected chi connectivity index (χ3v) is 6.43. The molecule has 3 aromatic heterocycles. The van der Waals surface area contributed by atoms with Gasteiger partial charge in [-0.15, -0.1) is 0 Å². The lowest BCUT2D eigenvalue weighted by atomic mass is 10.3. The Balaban J connectivity index is 1.81. The predicted molar refractivity (Wildman–Crippen MR) is 103 cm³/mol. The highest BCUT2D eigenvalue weighted by molar-refractivity contribution is 9.10. The Labute approximate surface area is 151 Å². The second-order valence-electron chi connectivity index (χ2n) is 7.21. The highest BCUT2D eigenvalue weighted by atomic mass is 79.9. The van der Waals surface area contributed by atoms with Crippen molar-refractivity contribution < 1.29 is 4.74 Å². The summed E-state index contributed by atoms with van der Waals surface area (Å²) in [5, 5.41) is 5.62. The SMILES string of the molecule is Cc1nn(-c2ccnc3c2ccn3COCC[Si](C)(C)C)cc1Br. The highest BCUT2D eigenvalue weighted by Crippen LogP contribution is 2.24. The van der Waals surface area contributed by atoms with Crippen LogP contribution in [-0.4, -0.2) is 34.0 Å². The summed E-state index contributed by atoms with van der Waals surface area (Å²) in [7, 11) is -1.06. The molecule has 0 aliphatic carbocycles. The summed E-state index contributed by atoms with van der Waals surface area (Å²) in [6, 6.07) is 5.23. The van der Waals surface area contributed by atoms with Crippen LogP contribution in [0, 0.1) is 6.92 Å². The average Bonchev–Trinajstić information content (AvgIpc) is 3.07. The highest BCUT2D eigenvalue weighted by Gasteiger charge is 2.13. The van der Waals surface area contributed by atoms with Crippen molar-refractivity contribution in [2.24, 2.45) is 0 Å². The van der Waals surface area contributed by atoms with Gasteiger partial charge in [0.25, 0.3) is 0 Å². The van der Waals surface area contributed by atoms with Gasteiger partial charge in [-0.3, -0.25) is 0 Å². The molecule has 0 saturated carbocycles. The summed E-state index contributed by atoms with van der Waals surface area (Å²) in [5.74, 6) is 0. The number of fused-ring (bicyclic) bond motifs is 1. The first kappa shape index (κ1) is 17.4. The Morgan fingerprint density at radius 3 is 2.71 bits per heavy atom. The van der Waals surface area contributed by atoms with Gasteiger partial charge < -0.3 is 9.30 Å². The Kier molecular flexibility index (Phi) is 4.94. The molecule has 0 N–H and O–H groups in total. The van der Waals surface area contributed by atoms with Crippen LogP contribution < -0.4 is 0 Å². The van der Waals surface area contributed by atoms with Crippen molar-refractivity contribution in [2.75, 3.05) is 6.61 Å². The molecule has 0 fully saturated rings. The van der Waals surface area contributed by atoms with Gasteiger partial charge in [0, 0.05) is 38.7 Å². The summed E-state index contributed by atoms with van der Waals surface area (Å²) < 4.78 is 10.8. The summed E-state index contributed by atoms with van der Waals surface area (Å²) >= 11 is 3.52. The smallest absolute Gasteiger partial charge is 0.143 e. The summed E-state index contributed by atoms with van der Waals surface area (Å²) in [5.41, 5.74) is 2.91. The standard InChI is InChI=1S/C17H23BrN4OSi/c1-13-15(18)11-22(20-13)16-5-7-19-17-14(16)6-8-21(17)12-23-9-10-24(2,3)4/h5-8,11H,9-10,12H2,1-4H3. The predicted octanol–water partition coefficient (Wildman–Crippen LogP) is 4.61. The van der Waals surface area contributed by atoms with Gasteiger partial charge in [0.15, 0.2) is 0 Å². The van der Waals surface area contributed by atoms with Gasteiger partial charge in [0.1, 0.15) is 12.4 Å². The Bertz CT molecular complexity index is 831. The van der Waals surface area contributed by atoms with Gasteiger partial charge in [-0.1, -0.05) is 19.6 Å². The van der Waals surface area contributed by atoms with E-state index in [1.165, 1.54) is 6.04 Å². The van der Waals surface area contributed by atoms with Crippen LogP contribution in [0.5, 0.6) is 0 Å². The molecule has 0 aliphatic heterocycles. The fourth-order valence-corrected chi connectivity index (χ4v) is 3.51. The quantitative estimate of drug-likeness (QED) is 0.443. The molecule has 0 amide bonds. The van der Waals surface area contributed by atoms with E-state index in [1.807, 2.05) is 36.3 Å². The van der Waals surface area contributed by atoms with E-state index in [9.17, 15) is 0 Å². The molecule has 0 saturated heterocycles. The molecule has 0 bridgehead atoms. The molecule has 0 radical (unpaired) electrons. The van der Waals surface area contributed by atoms with Gasteiger partial charge in [-0.05, 0) is 41.0 Å². The molecule has 0 spiro atoms. The van der Waals surface area contributed by atoms with Gasteiger partial charge in [0.2, 0.25) is 0 Å². The number of hydrogen-bond donors (Lipinski definition) is 0. The molecule has 0 atom stereocenters. The molecule has 5 nitrogen and oxygen atoms in total. The fraction of sp³-hybridized carbons (Fsp3) is 0.412. The van der Waals surface area contributed by atoms with Crippen molar-refractivity contribution in [3.8, 4) is 5.69 Å². The maximum atomic E-state index is 5.86. The molecule has 3 rings (SSSR count). The van der Waals surface area contributed by atoms with Crippen LogP contribution in [0.15, 0.2) is 35.2 Å². The van der Waals surface area contributed by atoms with Crippen molar-refractivity contribution in [1.82, 2.24) is 19.3 Å². The topological polar surface area (TPSA) is 44.9 Å². The van der Waals surface area contributed by atoms with E-state index in [4.69, 9.17) is 4.74 Å². The number of rotatable bonds is 6. The molecule has 0 unspecified atom stereocenters. The van der Waals surface area contributed by atoms with Crippen LogP contribution in [-0.2, 0) is 11.5 Å². The number of ether oxygens (including phenoxy) is 1. The third-order valence-electron chi connectivity index (χ3n) is 3.95. The average molecular weight is 407 g/mol. The van der Waals surface area contributed by atoms with Crippen molar-refractivity contribution >= 4 is 35.0 Å². The Hall–Kier alpha value is -1.44. The number of aryl methyl sites for hydroxylation is 1. The van der Waals surface area contributed by atoms with E-state index in [-0.39, 0.29) is 0 Å². The van der Waals surface area contributed by atoms with E-state index in [2.05, 4.69) is 56.3 Å². The normalized spacial score (nSPS) is 12.2. The van der Waals surface area contributed by atoms with Crippen LogP contribution in [0.1, 0.15) is 5.69 Å². The second-order valence-corrected chi connectivity index (χ2v) is 13.7. The molecular weight excluding hydrogens is 384 g/mol. The van der Waals surface area contributed by atoms with Crippen molar-refractivity contribution in [3.63, 3.8) is 0 Å². The molecule has 3 aromatic rings. The van der Waals surface area contributed by atoms with Crippen molar-refractivity contribution in [2.45, 2.75) is 39.3 Å². The Morgan fingerprint density at radius 1 is 1.25 bits per heavy atom. The van der Waals surface area contributed by atoms with E-state index < -0.39 is 8.07 Å². The van der Waals surface area contributed by atoms with E-state index >= 15 is 0 Å². The zero-order valence-corrected chi connectivity index (χ0v) is 17.2. The fourth-order valence-electron chi connectivity index (χ4n) is 2.48. The van der Waals surface area contributed by atoms with E-state index in [0.717, 1.165) is 33.5 Å². The number of nitrogens with zero attached hydrogens (tertiary/aromatic N) is 4. The Morgan fingerprint density at radius 2 is 2.04 bits per heavy atom. The molecular formula is C17H23BrN4OSi. The minimum absolute atomic E-state index is 0.534. The molecule has 0 aromatic carbocycles. The maximum Gasteiger partial charge on any atom is 0.143 e. The lowest BCUT2D eigenvalue weighted by molar-refractivity contribution is 0.0899. The van der Waals surface area contributed by atoms with Gasteiger partial charge in [-0.25, -0.2) is 9.67 Å². The van der Waals surface area contributed by atoms with Crippen LogP contribution in [0.2, 0.25) is 25.7 Å². The maximum absolute atomic E-state index is 5.86. The molecule has 0 aliphatic rings. The third kappa shape index (κ3) is 3.79. The van der Waals surface area contributed by atoms with Crippen molar-refractivity contribution in [3.05, 3.63) is 40.9 Å². The number of pyridine rings is 1. The monoisotopic (exact) mass is 406 g/mol. The van der Waals surface area contributed by atoms with Crippen LogP contribution in [0.3, 0.4) is 0 Å². The molecule has 7 heteroatoms. The zero-order chi connectivity index (χ0) is 17.3. The molecule has 3 heterocycles. The second kappa shape index (κ2) is 6.82. The van der Waals surface area contributed by atoms with Gasteiger partial charge in [0.05, 0.1) is 15.9 Å². The van der Waals surface area contributed by atoms with Crippen LogP contribution in [0.25, 0.3) is 16.7 Å². The summed E-state index contributed by atoms with van der Waals surface area (Å²) in [4.78, 5) is 4.52. The first-order valence-corrected chi connectivity index (χ1v) is 12.6. The lowest BCUT2D eigenvalue weighted by Gasteiger charge is -2.15. The number of hydrogen-bond acceptors (Lipinski definition) is 3. The summed E-state index contributed by atoms with van der Waals surface area (Å²) in [6.45, 7) is 10.4. The van der Waals surface area contributed by atoms with Gasteiger partial charge >= 0.3 is 0 Å². The van der Waals surface area contributed by atoms with Crippen LogP contribution in [0.4, 0.5) is 0 Å². The van der Waals surface area contributed by atoms with Crippen molar-refractivity contribution in [1.29, 1.82) is 0 Å². The zero-order valence-electron chi connectivity index (χ0n) is 14.6. The first-order valence-electron chi connectivity index (χ1n) is 8.09. The van der Waals surface area contributed by atoms with Crippen LogP contribution >= 0.6 is 15.9 Å². The van der Waals surface area contributed by atoms with Gasteiger partial charge in [-0.2, -0.15) is 5.10 Å². The minimum Gasteiger partial charge on any atom is -0.361 e. The summed E-state index contributed by atoms with van der Waals surface area (Å²) in [6.07, 6.45) is 5.83. The van der Waals surface area contributed by atoms with E-state index in [0.29, 0.717) is 6.73 Å². The van der Waals surface area contributed by atoms with E-state index in [1.54, 1.807) is 0 Å². The minimum atomic E-state index is -1.06. The largest absolute Gasteiger partial charge is 0.361 e. The molecule has 24 heavy (non-hydrogen) atoms. The first-order chi connectivity index (χ1) is 11.3. The molecule has 128 valence electrons. The lowest BCUT2D eigenvalue weighted by Crippen LogP contribution is -2.22. The number of aromatic nitrogens is 4. The number of halogens is 1.